The van der Waals surface area contributed by atoms with Gasteiger partial charge in [-0.1, -0.05) is 62.4 Å². The lowest BCUT2D eigenvalue weighted by Crippen LogP contribution is -2.16. The van der Waals surface area contributed by atoms with Crippen LogP contribution in [0.4, 0.5) is 13.2 Å². The van der Waals surface area contributed by atoms with Crippen LogP contribution in [0.5, 0.6) is 5.75 Å². The predicted octanol–water partition coefficient (Wildman–Crippen LogP) is 8.46. The minimum atomic E-state index is -4.63. The van der Waals surface area contributed by atoms with Gasteiger partial charge < -0.3 is 9.47 Å². The summed E-state index contributed by atoms with van der Waals surface area (Å²) in [6, 6.07) is 22.9. The molecule has 0 radical (unpaired) electrons. The van der Waals surface area contributed by atoms with E-state index in [9.17, 15) is 13.2 Å². The van der Waals surface area contributed by atoms with E-state index in [4.69, 9.17) is 4.74 Å². The monoisotopic (exact) mass is 504 g/mol. The van der Waals surface area contributed by atoms with Gasteiger partial charge in [0.15, 0.2) is 0 Å². The van der Waals surface area contributed by atoms with Crippen molar-refractivity contribution in [3.63, 3.8) is 0 Å². The summed E-state index contributed by atoms with van der Waals surface area (Å²) in [6.45, 7) is 6.00. The Hall–Kier alpha value is -2.44. The lowest BCUT2D eigenvalue weighted by Gasteiger charge is -2.08. The lowest BCUT2D eigenvalue weighted by molar-refractivity contribution is -0.274. The molecule has 0 amide bonds. The molecule has 1 saturated heterocycles. The fraction of sp³-hybridized carbons (Fsp3) is 0.379. The van der Waals surface area contributed by atoms with Gasteiger partial charge in [0, 0.05) is 18.1 Å². The molecule has 1 aliphatic heterocycles. The Balaban J connectivity index is 0.000000193. The van der Waals surface area contributed by atoms with E-state index in [0.29, 0.717) is 4.90 Å². The summed E-state index contributed by atoms with van der Waals surface area (Å²) in [5.74, 6) is -0.236. The topological polar surface area (TPSA) is 18.5 Å². The number of hydrogen-bond donors (Lipinski definition) is 1. The number of fused-ring (bicyclic) bond motifs is 2. The molecule has 0 aromatic heterocycles. The first-order chi connectivity index (χ1) is 16.9. The molecule has 0 atom stereocenters. The van der Waals surface area contributed by atoms with Crippen molar-refractivity contribution in [2.75, 3.05) is 13.2 Å². The minimum Gasteiger partial charge on any atom is -0.406 e. The van der Waals surface area contributed by atoms with Gasteiger partial charge in [-0.25, -0.2) is 0 Å². The fourth-order valence-corrected chi connectivity index (χ4v) is 3.91. The summed E-state index contributed by atoms with van der Waals surface area (Å²) in [7, 11) is 0. The number of benzene rings is 3. The standard InChI is InChI=1S/C15H14.C7H5F3OS.C5H10O.C2H6/c1-3-7-14-11-15-8-4-2-6-13(15)10-9-12(14)5-1;8-7(9,10)11-5-1-3-6(12)4-2-5;1-2-4-6-5-3-1;1-2/h1-8H,9-11H2;1-4,12H;1-5H2;1-2H3. The highest BCUT2D eigenvalue weighted by atomic mass is 32.1. The Morgan fingerprint density at radius 2 is 1.14 bits per heavy atom. The summed E-state index contributed by atoms with van der Waals surface area (Å²) >= 11 is 3.91. The van der Waals surface area contributed by atoms with Crippen molar-refractivity contribution >= 4 is 12.6 Å². The maximum Gasteiger partial charge on any atom is 0.573 e. The van der Waals surface area contributed by atoms with Gasteiger partial charge in [-0.15, -0.1) is 25.8 Å². The molecule has 0 spiro atoms. The van der Waals surface area contributed by atoms with Crippen molar-refractivity contribution in [3.05, 3.63) is 95.1 Å². The van der Waals surface area contributed by atoms with Gasteiger partial charge >= 0.3 is 6.36 Å². The molecule has 3 aromatic rings. The molecule has 5 rings (SSSR count). The van der Waals surface area contributed by atoms with Gasteiger partial charge in [0.1, 0.15) is 5.75 Å². The van der Waals surface area contributed by atoms with Crippen LogP contribution < -0.4 is 4.74 Å². The molecule has 1 aliphatic carbocycles. The maximum absolute atomic E-state index is 11.6. The zero-order valence-corrected chi connectivity index (χ0v) is 21.4. The smallest absolute Gasteiger partial charge is 0.406 e. The van der Waals surface area contributed by atoms with Crippen LogP contribution in [0.2, 0.25) is 0 Å². The fourth-order valence-electron chi connectivity index (χ4n) is 3.76. The van der Waals surface area contributed by atoms with Crippen molar-refractivity contribution < 1.29 is 22.6 Å². The number of alkyl halides is 3. The Bertz CT molecular complexity index is 927. The van der Waals surface area contributed by atoms with Crippen LogP contribution in [0.3, 0.4) is 0 Å². The molecule has 1 fully saturated rings. The van der Waals surface area contributed by atoms with Crippen molar-refractivity contribution in [1.29, 1.82) is 0 Å². The van der Waals surface area contributed by atoms with Gasteiger partial charge in [-0.05, 0) is 85.0 Å². The van der Waals surface area contributed by atoms with Gasteiger partial charge in [-0.3, -0.25) is 0 Å². The van der Waals surface area contributed by atoms with Crippen molar-refractivity contribution in [2.24, 2.45) is 0 Å². The van der Waals surface area contributed by atoms with Gasteiger partial charge in [0.2, 0.25) is 0 Å². The SMILES string of the molecule is C1CCOCC1.CC.FC(F)(F)Oc1ccc(S)cc1.c1ccc2c(c1)CCc1ccccc1C2. The molecule has 6 heteroatoms. The summed E-state index contributed by atoms with van der Waals surface area (Å²) in [5, 5.41) is 0. The first-order valence-electron chi connectivity index (χ1n) is 12.2. The number of rotatable bonds is 1. The molecule has 0 saturated carbocycles. The molecule has 35 heavy (non-hydrogen) atoms. The molecule has 1 heterocycles. The van der Waals surface area contributed by atoms with Crippen LogP contribution in [0.1, 0.15) is 55.4 Å². The zero-order valence-electron chi connectivity index (χ0n) is 20.5. The van der Waals surface area contributed by atoms with Crippen LogP contribution in [-0.2, 0) is 24.0 Å². The Labute approximate surface area is 212 Å². The Kier molecular flexibility index (Phi) is 12.8. The van der Waals surface area contributed by atoms with E-state index in [1.54, 1.807) is 0 Å². The van der Waals surface area contributed by atoms with Crippen LogP contribution in [-0.4, -0.2) is 19.6 Å². The van der Waals surface area contributed by atoms with Crippen molar-refractivity contribution in [2.45, 2.75) is 63.6 Å². The van der Waals surface area contributed by atoms with E-state index in [0.717, 1.165) is 19.6 Å². The first kappa shape index (κ1) is 28.8. The van der Waals surface area contributed by atoms with E-state index in [-0.39, 0.29) is 5.75 Å². The van der Waals surface area contributed by atoms with Crippen LogP contribution in [0.15, 0.2) is 77.7 Å². The quantitative estimate of drug-likeness (QED) is 0.335. The molecule has 3 aromatic carbocycles. The molecule has 0 unspecified atom stereocenters. The molecule has 0 N–H and O–H groups in total. The molecule has 2 nitrogen and oxygen atoms in total. The first-order valence-corrected chi connectivity index (χ1v) is 12.6. The highest BCUT2D eigenvalue weighted by Crippen LogP contribution is 2.24. The zero-order chi connectivity index (χ0) is 25.5. The van der Waals surface area contributed by atoms with Gasteiger partial charge in [-0.2, -0.15) is 0 Å². The third kappa shape index (κ3) is 11.2. The molecule has 190 valence electrons. The van der Waals surface area contributed by atoms with E-state index in [1.807, 2.05) is 13.8 Å². The van der Waals surface area contributed by atoms with E-state index >= 15 is 0 Å². The largest absolute Gasteiger partial charge is 0.573 e. The summed E-state index contributed by atoms with van der Waals surface area (Å²) in [6.07, 6.45) is 2.78. The normalized spacial score (nSPS) is 14.1. The maximum atomic E-state index is 11.6. The van der Waals surface area contributed by atoms with Gasteiger partial charge in [0.05, 0.1) is 0 Å². The van der Waals surface area contributed by atoms with E-state index in [1.165, 1.54) is 78.6 Å². The second kappa shape index (κ2) is 15.5. The number of thiol groups is 1. The van der Waals surface area contributed by atoms with Crippen LogP contribution in [0.25, 0.3) is 0 Å². The molecule has 2 aliphatic rings. The summed E-state index contributed by atoms with van der Waals surface area (Å²) in [5.41, 5.74) is 6.05. The molecular weight excluding hydrogens is 469 g/mol. The average Bonchev–Trinajstić information content (AvgIpc) is 3.07. The number of aryl methyl sites for hydroxylation is 2. The molecule has 0 bridgehead atoms. The highest BCUT2D eigenvalue weighted by molar-refractivity contribution is 7.80. The Morgan fingerprint density at radius 3 is 1.51 bits per heavy atom. The van der Waals surface area contributed by atoms with Gasteiger partial charge in [0.25, 0.3) is 0 Å². The average molecular weight is 505 g/mol. The number of hydrogen-bond acceptors (Lipinski definition) is 3. The minimum absolute atomic E-state index is 0.236. The van der Waals surface area contributed by atoms with Crippen LogP contribution >= 0.6 is 12.6 Å². The lowest BCUT2D eigenvalue weighted by atomic mass is 10.0. The van der Waals surface area contributed by atoms with Crippen LogP contribution in [0, 0.1) is 0 Å². The summed E-state index contributed by atoms with van der Waals surface area (Å²) < 4.78 is 43.5. The number of ether oxygens (including phenoxy) is 2. The predicted molar refractivity (Wildman–Crippen MR) is 139 cm³/mol. The van der Waals surface area contributed by atoms with E-state index in [2.05, 4.69) is 65.9 Å². The van der Waals surface area contributed by atoms with E-state index < -0.39 is 6.36 Å². The highest BCUT2D eigenvalue weighted by Gasteiger charge is 2.30. The second-order valence-corrected chi connectivity index (χ2v) is 8.45. The third-order valence-electron chi connectivity index (χ3n) is 5.43. The number of halogens is 3. The van der Waals surface area contributed by atoms with Crippen molar-refractivity contribution in [1.82, 2.24) is 0 Å². The van der Waals surface area contributed by atoms with Crippen molar-refractivity contribution in [3.8, 4) is 5.75 Å². The third-order valence-corrected chi connectivity index (χ3v) is 5.73. The summed E-state index contributed by atoms with van der Waals surface area (Å²) in [4.78, 5) is 0.588. The second-order valence-electron chi connectivity index (χ2n) is 7.93. The molecular formula is C29H35F3O2S. The Morgan fingerprint density at radius 1 is 0.686 bits per heavy atom.